The second-order valence-electron chi connectivity index (χ2n) is 4.49. The summed E-state index contributed by atoms with van der Waals surface area (Å²) in [6.45, 7) is 3.11. The van der Waals surface area contributed by atoms with Crippen molar-refractivity contribution in [2.24, 2.45) is 5.73 Å². The predicted octanol–water partition coefficient (Wildman–Crippen LogP) is 2.61. The summed E-state index contributed by atoms with van der Waals surface area (Å²) in [7, 11) is 2.12. The highest BCUT2D eigenvalue weighted by atomic mass is 35.5. The molecule has 0 spiro atoms. The quantitative estimate of drug-likeness (QED) is 0.837. The van der Waals surface area contributed by atoms with Gasteiger partial charge in [-0.05, 0) is 37.1 Å². The van der Waals surface area contributed by atoms with E-state index in [1.165, 1.54) is 11.3 Å². The number of halogens is 1. The van der Waals surface area contributed by atoms with Crippen LogP contribution in [0.1, 0.15) is 24.8 Å². The van der Waals surface area contributed by atoms with E-state index in [9.17, 15) is 0 Å². The Morgan fingerprint density at radius 2 is 2.33 bits per heavy atom. The molecule has 0 saturated heterocycles. The van der Waals surface area contributed by atoms with Crippen molar-refractivity contribution < 1.29 is 0 Å². The smallest absolute Gasteiger partial charge is 0.0410 e. The van der Waals surface area contributed by atoms with Crippen LogP contribution in [-0.4, -0.2) is 19.6 Å². The maximum absolute atomic E-state index is 6.02. The minimum atomic E-state index is 0.244. The van der Waals surface area contributed by atoms with E-state index in [0.29, 0.717) is 5.92 Å². The average molecular weight is 225 g/mol. The zero-order chi connectivity index (χ0) is 11.0. The maximum Gasteiger partial charge on any atom is 0.0410 e. The molecule has 1 heterocycles. The maximum atomic E-state index is 6.02. The zero-order valence-corrected chi connectivity index (χ0v) is 9.96. The first-order valence-electron chi connectivity index (χ1n) is 5.34. The van der Waals surface area contributed by atoms with Crippen molar-refractivity contribution in [2.75, 3.05) is 18.5 Å². The molecule has 2 unspecified atom stereocenters. The number of hydrogen-bond acceptors (Lipinski definition) is 2. The Bertz CT molecular complexity index is 361. The van der Waals surface area contributed by atoms with E-state index < -0.39 is 0 Å². The topological polar surface area (TPSA) is 29.3 Å². The molecule has 0 saturated carbocycles. The van der Waals surface area contributed by atoms with Gasteiger partial charge in [0.2, 0.25) is 0 Å². The van der Waals surface area contributed by atoms with E-state index in [-0.39, 0.29) is 6.04 Å². The van der Waals surface area contributed by atoms with Gasteiger partial charge in [-0.15, -0.1) is 0 Å². The molecule has 1 aliphatic heterocycles. The van der Waals surface area contributed by atoms with Crippen molar-refractivity contribution >= 4 is 17.3 Å². The molecule has 2 N–H and O–H groups in total. The van der Waals surface area contributed by atoms with Crippen LogP contribution < -0.4 is 10.6 Å². The average Bonchev–Trinajstić information content (AvgIpc) is 2.42. The van der Waals surface area contributed by atoms with Crippen molar-refractivity contribution in [3.05, 3.63) is 28.8 Å². The molecular formula is C12H17ClN2. The number of hydrogen-bond donors (Lipinski definition) is 1. The fraction of sp³-hybridized carbons (Fsp3) is 0.500. The number of likely N-dealkylation sites (N-methyl/N-ethyl adjacent to an activating group) is 1. The highest BCUT2D eigenvalue weighted by Gasteiger charge is 2.26. The van der Waals surface area contributed by atoms with Gasteiger partial charge in [0, 0.05) is 36.3 Å². The summed E-state index contributed by atoms with van der Waals surface area (Å²) < 4.78 is 0. The first-order chi connectivity index (χ1) is 7.08. The minimum absolute atomic E-state index is 0.244. The predicted molar refractivity (Wildman–Crippen MR) is 65.7 cm³/mol. The molecule has 15 heavy (non-hydrogen) atoms. The van der Waals surface area contributed by atoms with Crippen LogP contribution in [0.3, 0.4) is 0 Å². The van der Waals surface area contributed by atoms with Gasteiger partial charge in [0.05, 0.1) is 0 Å². The van der Waals surface area contributed by atoms with Crippen LogP contribution in [0.2, 0.25) is 5.02 Å². The Balaban J connectivity index is 2.31. The number of nitrogens with zero attached hydrogens (tertiary/aromatic N) is 1. The summed E-state index contributed by atoms with van der Waals surface area (Å²) in [5.74, 6) is 0.531. The van der Waals surface area contributed by atoms with Crippen LogP contribution in [0.4, 0.5) is 5.69 Å². The monoisotopic (exact) mass is 224 g/mol. The van der Waals surface area contributed by atoms with Crippen molar-refractivity contribution in [1.82, 2.24) is 0 Å². The van der Waals surface area contributed by atoms with Crippen LogP contribution in [0.15, 0.2) is 18.2 Å². The molecule has 0 aliphatic carbocycles. The number of rotatable bonds is 2. The van der Waals surface area contributed by atoms with E-state index in [1.807, 2.05) is 6.07 Å². The van der Waals surface area contributed by atoms with Gasteiger partial charge in [-0.1, -0.05) is 11.6 Å². The van der Waals surface area contributed by atoms with Gasteiger partial charge in [0.1, 0.15) is 0 Å². The molecule has 0 fully saturated rings. The second kappa shape index (κ2) is 4.03. The fourth-order valence-electron chi connectivity index (χ4n) is 2.38. The first kappa shape index (κ1) is 10.8. The van der Waals surface area contributed by atoms with Crippen molar-refractivity contribution in [3.8, 4) is 0 Å². The lowest BCUT2D eigenvalue weighted by Gasteiger charge is -2.14. The van der Waals surface area contributed by atoms with Crippen LogP contribution in [-0.2, 0) is 0 Å². The molecule has 2 nitrogen and oxygen atoms in total. The molecule has 82 valence electrons. The molecule has 3 heteroatoms. The summed E-state index contributed by atoms with van der Waals surface area (Å²) in [4.78, 5) is 2.28. The molecule has 0 radical (unpaired) electrons. The Kier molecular flexibility index (Phi) is 2.89. The fourth-order valence-corrected chi connectivity index (χ4v) is 2.56. The van der Waals surface area contributed by atoms with Gasteiger partial charge in [-0.3, -0.25) is 0 Å². The summed E-state index contributed by atoms with van der Waals surface area (Å²) >= 11 is 6.02. The highest BCUT2D eigenvalue weighted by molar-refractivity contribution is 6.30. The van der Waals surface area contributed by atoms with Crippen LogP contribution in [0.25, 0.3) is 0 Å². The third kappa shape index (κ3) is 2.11. The molecule has 1 aromatic carbocycles. The van der Waals surface area contributed by atoms with E-state index in [4.69, 9.17) is 17.3 Å². The lowest BCUT2D eigenvalue weighted by Crippen LogP contribution is -2.22. The molecule has 1 aliphatic rings. The summed E-state index contributed by atoms with van der Waals surface area (Å²) in [6.07, 6.45) is 1.03. The van der Waals surface area contributed by atoms with E-state index in [1.54, 1.807) is 0 Å². The molecule has 2 atom stereocenters. The molecule has 0 aromatic heterocycles. The van der Waals surface area contributed by atoms with Crippen LogP contribution in [0, 0.1) is 0 Å². The van der Waals surface area contributed by atoms with Gasteiger partial charge in [0.15, 0.2) is 0 Å². The van der Waals surface area contributed by atoms with Crippen molar-refractivity contribution in [3.63, 3.8) is 0 Å². The van der Waals surface area contributed by atoms with Gasteiger partial charge >= 0.3 is 0 Å². The van der Waals surface area contributed by atoms with Crippen molar-refractivity contribution in [1.29, 1.82) is 0 Å². The number of benzene rings is 1. The van der Waals surface area contributed by atoms with Gasteiger partial charge < -0.3 is 10.6 Å². The third-order valence-electron chi connectivity index (χ3n) is 2.99. The SMILES string of the molecule is CC(N)CC1CN(C)c2ccc(Cl)cc21. The van der Waals surface area contributed by atoms with Gasteiger partial charge in [0.25, 0.3) is 0 Å². The first-order valence-corrected chi connectivity index (χ1v) is 5.72. The zero-order valence-electron chi connectivity index (χ0n) is 9.20. The number of fused-ring (bicyclic) bond motifs is 1. The highest BCUT2D eigenvalue weighted by Crippen LogP contribution is 2.38. The van der Waals surface area contributed by atoms with Crippen LogP contribution >= 0.6 is 11.6 Å². The minimum Gasteiger partial charge on any atom is -0.374 e. The molecule has 0 bridgehead atoms. The number of nitrogens with two attached hydrogens (primary N) is 1. The molecule has 0 amide bonds. The summed E-state index contributed by atoms with van der Waals surface area (Å²) in [5.41, 5.74) is 8.51. The van der Waals surface area contributed by atoms with Gasteiger partial charge in [-0.25, -0.2) is 0 Å². The Labute approximate surface area is 96.0 Å². The Morgan fingerprint density at radius 3 is 3.00 bits per heavy atom. The normalized spacial score (nSPS) is 21.6. The second-order valence-corrected chi connectivity index (χ2v) is 4.93. The standard InChI is InChI=1S/C12H17ClN2/c1-8(14)5-9-7-15(2)12-4-3-10(13)6-11(9)12/h3-4,6,8-9H,5,7,14H2,1-2H3. The van der Waals surface area contributed by atoms with Crippen LogP contribution in [0.5, 0.6) is 0 Å². The Morgan fingerprint density at radius 1 is 1.60 bits per heavy atom. The summed E-state index contributed by atoms with van der Waals surface area (Å²) in [6, 6.07) is 6.37. The van der Waals surface area contributed by atoms with Crippen molar-refractivity contribution in [2.45, 2.75) is 25.3 Å². The third-order valence-corrected chi connectivity index (χ3v) is 3.23. The molecule has 1 aromatic rings. The Hall–Kier alpha value is -0.730. The van der Waals surface area contributed by atoms with Gasteiger partial charge in [-0.2, -0.15) is 0 Å². The van der Waals surface area contributed by atoms with E-state index in [0.717, 1.165) is 18.0 Å². The molecule has 2 rings (SSSR count). The number of anilines is 1. The molecular weight excluding hydrogens is 208 g/mol. The lowest BCUT2D eigenvalue weighted by atomic mass is 9.95. The largest absolute Gasteiger partial charge is 0.374 e. The van der Waals surface area contributed by atoms with E-state index in [2.05, 4.69) is 31.0 Å². The lowest BCUT2D eigenvalue weighted by molar-refractivity contribution is 0.572. The summed E-state index contributed by atoms with van der Waals surface area (Å²) in [5, 5.41) is 0.818. The van der Waals surface area contributed by atoms with E-state index >= 15 is 0 Å².